The predicted octanol–water partition coefficient (Wildman–Crippen LogP) is 5.81. The van der Waals surface area contributed by atoms with Crippen molar-refractivity contribution < 1.29 is 13.2 Å². The molecular formula is C20H24F3N5S. The summed E-state index contributed by atoms with van der Waals surface area (Å²) in [5.41, 5.74) is -0.272. The van der Waals surface area contributed by atoms with Crippen LogP contribution in [0.1, 0.15) is 62.4 Å². The van der Waals surface area contributed by atoms with E-state index in [2.05, 4.69) is 26.2 Å². The van der Waals surface area contributed by atoms with Gasteiger partial charge in [0.15, 0.2) is 11.0 Å². The Morgan fingerprint density at radius 1 is 1.21 bits per heavy atom. The van der Waals surface area contributed by atoms with Gasteiger partial charge < -0.3 is 9.88 Å². The summed E-state index contributed by atoms with van der Waals surface area (Å²) in [5.74, 6) is 1.52. The van der Waals surface area contributed by atoms with Gasteiger partial charge in [-0.1, -0.05) is 37.1 Å². The molecule has 1 aliphatic carbocycles. The molecule has 9 heteroatoms. The first kappa shape index (κ1) is 21.5. The van der Waals surface area contributed by atoms with Gasteiger partial charge in [0.05, 0.1) is 18.2 Å². The van der Waals surface area contributed by atoms with Gasteiger partial charge in [-0.25, -0.2) is 0 Å². The number of hydrogen-bond acceptors (Lipinski definition) is 5. The number of nitrogens with zero attached hydrogens (tertiary/aromatic N) is 4. The number of benzene rings is 1. The monoisotopic (exact) mass is 423 g/mol. The molecule has 0 bridgehead atoms. The first-order chi connectivity index (χ1) is 14.0. The SMILES string of the molecule is N#CCCCSc1nnc(CNc2cccc(C(F)(F)F)c2)n1C1CCCCC1. The van der Waals surface area contributed by atoms with Crippen molar-refractivity contribution >= 4 is 17.4 Å². The fourth-order valence-corrected chi connectivity index (χ4v) is 4.50. The molecule has 1 N–H and O–H groups in total. The van der Waals surface area contributed by atoms with E-state index in [1.165, 1.54) is 12.5 Å². The molecule has 2 aromatic rings. The van der Waals surface area contributed by atoms with E-state index in [9.17, 15) is 13.2 Å². The van der Waals surface area contributed by atoms with Gasteiger partial charge in [-0.05, 0) is 37.5 Å². The molecule has 1 fully saturated rings. The topological polar surface area (TPSA) is 66.5 Å². The predicted molar refractivity (Wildman–Crippen MR) is 106 cm³/mol. The summed E-state index contributed by atoms with van der Waals surface area (Å²) in [6, 6.07) is 7.65. The third kappa shape index (κ3) is 5.89. The molecule has 1 heterocycles. The Morgan fingerprint density at radius 2 is 2.00 bits per heavy atom. The number of thioether (sulfide) groups is 1. The lowest BCUT2D eigenvalue weighted by Crippen LogP contribution is -2.18. The summed E-state index contributed by atoms with van der Waals surface area (Å²) < 4.78 is 41.0. The normalized spacial score (nSPS) is 15.2. The summed E-state index contributed by atoms with van der Waals surface area (Å²) in [6.45, 7) is 0.309. The van der Waals surface area contributed by atoms with Crippen molar-refractivity contribution in [3.05, 3.63) is 35.7 Å². The average molecular weight is 424 g/mol. The third-order valence-corrected chi connectivity index (χ3v) is 6.01. The molecule has 0 aliphatic heterocycles. The molecule has 0 amide bonds. The van der Waals surface area contributed by atoms with Crippen LogP contribution in [0.2, 0.25) is 0 Å². The van der Waals surface area contributed by atoms with Crippen LogP contribution in [0.15, 0.2) is 29.4 Å². The minimum atomic E-state index is -4.37. The van der Waals surface area contributed by atoms with Gasteiger partial charge >= 0.3 is 6.18 Å². The molecule has 1 aromatic carbocycles. The number of anilines is 1. The minimum Gasteiger partial charge on any atom is -0.378 e. The Labute approximate surface area is 172 Å². The number of nitriles is 1. The Bertz CT molecular complexity index is 837. The smallest absolute Gasteiger partial charge is 0.378 e. The third-order valence-electron chi connectivity index (χ3n) is 4.98. The Hall–Kier alpha value is -2.21. The van der Waals surface area contributed by atoms with Crippen LogP contribution in [0, 0.1) is 11.3 Å². The maximum Gasteiger partial charge on any atom is 0.416 e. The lowest BCUT2D eigenvalue weighted by atomic mass is 9.95. The molecule has 3 rings (SSSR count). The van der Waals surface area contributed by atoms with Gasteiger partial charge in [0.2, 0.25) is 0 Å². The molecule has 0 saturated heterocycles. The van der Waals surface area contributed by atoms with E-state index in [1.54, 1.807) is 17.8 Å². The Morgan fingerprint density at radius 3 is 2.72 bits per heavy atom. The van der Waals surface area contributed by atoms with Crippen molar-refractivity contribution in [2.75, 3.05) is 11.1 Å². The van der Waals surface area contributed by atoms with Crippen molar-refractivity contribution in [2.45, 2.75) is 68.9 Å². The minimum absolute atomic E-state index is 0.309. The van der Waals surface area contributed by atoms with Gasteiger partial charge in [0.1, 0.15) is 0 Å². The molecule has 0 radical (unpaired) electrons. The fraction of sp³-hybridized carbons (Fsp3) is 0.550. The number of hydrogen-bond donors (Lipinski definition) is 1. The van der Waals surface area contributed by atoms with Crippen molar-refractivity contribution in [2.24, 2.45) is 0 Å². The lowest BCUT2D eigenvalue weighted by Gasteiger charge is -2.25. The molecule has 1 aliphatic rings. The fourth-order valence-electron chi connectivity index (χ4n) is 3.53. The van der Waals surface area contributed by atoms with Gasteiger partial charge in [0, 0.05) is 23.9 Å². The highest BCUT2D eigenvalue weighted by molar-refractivity contribution is 7.99. The molecule has 0 unspecified atom stereocenters. The van der Waals surface area contributed by atoms with Gasteiger partial charge in [-0.3, -0.25) is 0 Å². The maximum atomic E-state index is 12.9. The van der Waals surface area contributed by atoms with E-state index < -0.39 is 11.7 Å². The number of unbranched alkanes of at least 4 members (excludes halogenated alkanes) is 1. The quantitative estimate of drug-likeness (QED) is 0.429. The summed E-state index contributed by atoms with van der Waals surface area (Å²) in [4.78, 5) is 0. The zero-order chi connectivity index (χ0) is 20.7. The van der Waals surface area contributed by atoms with Crippen LogP contribution < -0.4 is 5.32 Å². The summed E-state index contributed by atoms with van der Waals surface area (Å²) in [7, 11) is 0. The number of rotatable bonds is 8. The standard InChI is InChI=1S/C20H24F3N5S/c21-20(22,23)15-7-6-8-16(13-15)25-14-18-26-27-19(29-12-5-4-11-24)28(18)17-9-2-1-3-10-17/h6-8,13,17,25H,1-5,9-10,12,14H2. The number of nitrogens with one attached hydrogen (secondary N) is 1. The second kappa shape index (κ2) is 10.0. The van der Waals surface area contributed by atoms with Crippen LogP contribution in [-0.4, -0.2) is 20.5 Å². The molecular weight excluding hydrogens is 399 g/mol. The van der Waals surface area contributed by atoms with Crippen molar-refractivity contribution in [1.29, 1.82) is 5.26 Å². The molecule has 29 heavy (non-hydrogen) atoms. The van der Waals surface area contributed by atoms with E-state index >= 15 is 0 Å². The first-order valence-corrected chi connectivity index (χ1v) is 10.8. The summed E-state index contributed by atoms with van der Waals surface area (Å²) in [6.07, 6.45) is 2.57. The second-order valence-electron chi connectivity index (χ2n) is 7.10. The largest absolute Gasteiger partial charge is 0.416 e. The van der Waals surface area contributed by atoms with Crippen LogP contribution in [0.3, 0.4) is 0 Å². The van der Waals surface area contributed by atoms with E-state index in [0.717, 1.165) is 61.0 Å². The van der Waals surface area contributed by atoms with Crippen LogP contribution >= 0.6 is 11.8 Å². The molecule has 0 atom stereocenters. The zero-order valence-corrected chi connectivity index (χ0v) is 16.9. The maximum absolute atomic E-state index is 12.9. The van der Waals surface area contributed by atoms with E-state index in [0.29, 0.717) is 24.7 Å². The van der Waals surface area contributed by atoms with Gasteiger partial charge in [0.25, 0.3) is 0 Å². The van der Waals surface area contributed by atoms with E-state index in [1.807, 2.05) is 0 Å². The zero-order valence-electron chi connectivity index (χ0n) is 16.1. The number of aromatic nitrogens is 3. The number of alkyl halides is 3. The molecule has 1 aromatic heterocycles. The summed E-state index contributed by atoms with van der Waals surface area (Å²) >= 11 is 1.59. The second-order valence-corrected chi connectivity index (χ2v) is 8.16. The van der Waals surface area contributed by atoms with Gasteiger partial charge in [-0.15, -0.1) is 10.2 Å². The van der Waals surface area contributed by atoms with E-state index in [-0.39, 0.29) is 0 Å². The average Bonchev–Trinajstić information content (AvgIpc) is 3.13. The first-order valence-electron chi connectivity index (χ1n) is 9.83. The van der Waals surface area contributed by atoms with E-state index in [4.69, 9.17) is 5.26 Å². The lowest BCUT2D eigenvalue weighted by molar-refractivity contribution is -0.137. The highest BCUT2D eigenvalue weighted by atomic mass is 32.2. The summed E-state index contributed by atoms with van der Waals surface area (Å²) in [5, 5.41) is 21.2. The highest BCUT2D eigenvalue weighted by Gasteiger charge is 2.30. The van der Waals surface area contributed by atoms with Crippen molar-refractivity contribution in [3.63, 3.8) is 0 Å². The molecule has 1 saturated carbocycles. The van der Waals surface area contributed by atoms with Crippen molar-refractivity contribution in [1.82, 2.24) is 14.8 Å². The van der Waals surface area contributed by atoms with Crippen LogP contribution in [0.5, 0.6) is 0 Å². The number of halogens is 3. The van der Waals surface area contributed by atoms with Gasteiger partial charge in [-0.2, -0.15) is 18.4 Å². The van der Waals surface area contributed by atoms with Crippen molar-refractivity contribution in [3.8, 4) is 6.07 Å². The molecule has 156 valence electrons. The Balaban J connectivity index is 1.74. The Kier molecular flexibility index (Phi) is 7.42. The molecule has 0 spiro atoms. The molecule has 5 nitrogen and oxygen atoms in total. The van der Waals surface area contributed by atoms with Crippen LogP contribution in [-0.2, 0) is 12.7 Å². The van der Waals surface area contributed by atoms with Crippen LogP contribution in [0.4, 0.5) is 18.9 Å². The van der Waals surface area contributed by atoms with Crippen LogP contribution in [0.25, 0.3) is 0 Å². The highest BCUT2D eigenvalue weighted by Crippen LogP contribution is 2.34.